The maximum Gasteiger partial charge on any atom is 0.229 e. The number of nitrogens with one attached hydrogen (secondary N) is 2. The predicted octanol–water partition coefficient (Wildman–Crippen LogP) is 5.26. The summed E-state index contributed by atoms with van der Waals surface area (Å²) in [6, 6.07) is 11.0. The summed E-state index contributed by atoms with van der Waals surface area (Å²) in [7, 11) is 0. The van der Waals surface area contributed by atoms with Gasteiger partial charge in [-0.2, -0.15) is 4.98 Å². The van der Waals surface area contributed by atoms with E-state index >= 15 is 0 Å². The fraction of sp³-hybridized carbons (Fsp3) is 0.500. The Morgan fingerprint density at radius 1 is 0.958 bits per heavy atom. The van der Waals surface area contributed by atoms with Gasteiger partial charge in [-0.05, 0) is 42.0 Å². The molecule has 1 aliphatic rings. The third-order valence-corrected chi connectivity index (χ3v) is 4.62. The first-order valence-electron chi connectivity index (χ1n) is 8.98. The van der Waals surface area contributed by atoms with Gasteiger partial charge in [0.15, 0.2) is 0 Å². The molecule has 0 amide bonds. The summed E-state index contributed by atoms with van der Waals surface area (Å²) in [6.07, 6.45) is 8.27. The van der Waals surface area contributed by atoms with E-state index in [1.54, 1.807) is 0 Å². The SMILES string of the molecule is CC(C)(C)c1ccc(Nc2nccc(NC3CCCCC3)n2)cc1. The van der Waals surface area contributed by atoms with Crippen LogP contribution in [-0.4, -0.2) is 16.0 Å². The minimum atomic E-state index is 0.166. The van der Waals surface area contributed by atoms with Crippen LogP contribution in [0.3, 0.4) is 0 Å². The molecule has 1 aliphatic carbocycles. The van der Waals surface area contributed by atoms with Crippen molar-refractivity contribution < 1.29 is 0 Å². The number of benzene rings is 1. The highest BCUT2D eigenvalue weighted by Gasteiger charge is 2.14. The lowest BCUT2D eigenvalue weighted by Gasteiger charge is -2.23. The summed E-state index contributed by atoms with van der Waals surface area (Å²) in [5, 5.41) is 6.84. The maximum atomic E-state index is 4.60. The lowest BCUT2D eigenvalue weighted by molar-refractivity contribution is 0.462. The monoisotopic (exact) mass is 324 g/mol. The van der Waals surface area contributed by atoms with Crippen molar-refractivity contribution >= 4 is 17.5 Å². The molecule has 1 saturated carbocycles. The second-order valence-corrected chi connectivity index (χ2v) is 7.70. The quantitative estimate of drug-likeness (QED) is 0.805. The minimum Gasteiger partial charge on any atom is -0.367 e. The Morgan fingerprint density at radius 2 is 1.67 bits per heavy atom. The number of aromatic nitrogens is 2. The van der Waals surface area contributed by atoms with E-state index in [1.165, 1.54) is 37.7 Å². The molecule has 2 aromatic rings. The van der Waals surface area contributed by atoms with E-state index in [9.17, 15) is 0 Å². The molecule has 0 saturated heterocycles. The van der Waals surface area contributed by atoms with Gasteiger partial charge >= 0.3 is 0 Å². The van der Waals surface area contributed by atoms with Crippen molar-refractivity contribution in [1.29, 1.82) is 0 Å². The predicted molar refractivity (Wildman–Crippen MR) is 101 cm³/mol. The van der Waals surface area contributed by atoms with Crippen LogP contribution in [0.1, 0.15) is 58.4 Å². The zero-order valence-electron chi connectivity index (χ0n) is 15.0. The van der Waals surface area contributed by atoms with Crippen molar-refractivity contribution in [1.82, 2.24) is 9.97 Å². The third-order valence-electron chi connectivity index (χ3n) is 4.62. The van der Waals surface area contributed by atoms with Gasteiger partial charge in [0.25, 0.3) is 0 Å². The summed E-state index contributed by atoms with van der Waals surface area (Å²) in [5.41, 5.74) is 2.50. The second kappa shape index (κ2) is 7.20. The lowest BCUT2D eigenvalue weighted by Crippen LogP contribution is -2.22. The standard InChI is InChI=1S/C20H28N4/c1-20(2,3)15-9-11-17(12-10-15)23-19-21-14-13-18(24-19)22-16-7-5-4-6-8-16/h9-14,16H,4-8H2,1-3H3,(H2,21,22,23,24). The molecule has 1 aromatic carbocycles. The van der Waals surface area contributed by atoms with Crippen LogP contribution in [0.15, 0.2) is 36.5 Å². The van der Waals surface area contributed by atoms with Crippen molar-refractivity contribution in [3.63, 3.8) is 0 Å². The molecule has 0 spiro atoms. The van der Waals surface area contributed by atoms with Crippen molar-refractivity contribution in [3.05, 3.63) is 42.1 Å². The van der Waals surface area contributed by atoms with E-state index in [0.29, 0.717) is 12.0 Å². The molecule has 4 nitrogen and oxygen atoms in total. The summed E-state index contributed by atoms with van der Waals surface area (Å²) in [6.45, 7) is 6.66. The molecule has 128 valence electrons. The smallest absolute Gasteiger partial charge is 0.229 e. The Bertz CT molecular complexity index is 652. The van der Waals surface area contributed by atoms with Crippen LogP contribution in [0.4, 0.5) is 17.5 Å². The van der Waals surface area contributed by atoms with Crippen molar-refractivity contribution in [2.75, 3.05) is 10.6 Å². The van der Waals surface area contributed by atoms with Crippen LogP contribution >= 0.6 is 0 Å². The molecule has 0 radical (unpaired) electrons. The van der Waals surface area contributed by atoms with Gasteiger partial charge in [0.1, 0.15) is 5.82 Å². The Morgan fingerprint density at radius 3 is 2.33 bits per heavy atom. The average Bonchev–Trinajstić information content (AvgIpc) is 2.56. The number of anilines is 3. The highest BCUT2D eigenvalue weighted by Crippen LogP contribution is 2.25. The van der Waals surface area contributed by atoms with Gasteiger partial charge in [-0.3, -0.25) is 0 Å². The second-order valence-electron chi connectivity index (χ2n) is 7.70. The molecule has 0 unspecified atom stereocenters. The van der Waals surface area contributed by atoms with E-state index in [-0.39, 0.29) is 5.41 Å². The molecule has 1 aromatic heterocycles. The van der Waals surface area contributed by atoms with Crippen molar-refractivity contribution in [2.24, 2.45) is 0 Å². The highest BCUT2D eigenvalue weighted by atomic mass is 15.1. The third kappa shape index (κ3) is 4.47. The molecule has 2 N–H and O–H groups in total. The topological polar surface area (TPSA) is 49.8 Å². The Kier molecular flexibility index (Phi) is 5.03. The minimum absolute atomic E-state index is 0.166. The first-order chi connectivity index (χ1) is 11.5. The molecule has 0 aliphatic heterocycles. The Labute approximate surface area is 145 Å². The maximum absolute atomic E-state index is 4.60. The van der Waals surface area contributed by atoms with Crippen molar-refractivity contribution in [2.45, 2.75) is 64.3 Å². The largest absolute Gasteiger partial charge is 0.367 e. The molecule has 0 bridgehead atoms. The zero-order chi connectivity index (χ0) is 17.0. The molecule has 4 heteroatoms. The van der Waals surface area contributed by atoms with E-state index in [0.717, 1.165) is 11.5 Å². The van der Waals surface area contributed by atoms with E-state index in [2.05, 4.69) is 65.6 Å². The molecular weight excluding hydrogens is 296 g/mol. The summed E-state index contributed by atoms with van der Waals surface area (Å²) < 4.78 is 0. The van der Waals surface area contributed by atoms with Crippen LogP contribution in [0.25, 0.3) is 0 Å². The normalized spacial score (nSPS) is 16.0. The molecule has 0 atom stereocenters. The van der Waals surface area contributed by atoms with Crippen LogP contribution in [0.2, 0.25) is 0 Å². The molecule has 24 heavy (non-hydrogen) atoms. The zero-order valence-corrected chi connectivity index (χ0v) is 15.0. The molecular formula is C20H28N4. The van der Waals surface area contributed by atoms with Crippen LogP contribution < -0.4 is 10.6 Å². The van der Waals surface area contributed by atoms with E-state index < -0.39 is 0 Å². The molecule has 1 heterocycles. The van der Waals surface area contributed by atoms with Gasteiger partial charge in [-0.15, -0.1) is 0 Å². The van der Waals surface area contributed by atoms with E-state index in [4.69, 9.17) is 0 Å². The summed E-state index contributed by atoms with van der Waals surface area (Å²) in [5.74, 6) is 1.55. The number of hydrogen-bond acceptors (Lipinski definition) is 4. The van der Waals surface area contributed by atoms with E-state index in [1.807, 2.05) is 12.3 Å². The van der Waals surface area contributed by atoms with Gasteiger partial charge in [0, 0.05) is 17.9 Å². The van der Waals surface area contributed by atoms with Crippen LogP contribution in [0, 0.1) is 0 Å². The summed E-state index contributed by atoms with van der Waals surface area (Å²) in [4.78, 5) is 8.94. The van der Waals surface area contributed by atoms with Gasteiger partial charge in [-0.25, -0.2) is 4.98 Å². The summed E-state index contributed by atoms with van der Waals surface area (Å²) >= 11 is 0. The number of hydrogen-bond donors (Lipinski definition) is 2. The lowest BCUT2D eigenvalue weighted by atomic mass is 9.87. The first-order valence-corrected chi connectivity index (χ1v) is 8.98. The van der Waals surface area contributed by atoms with Gasteiger partial charge < -0.3 is 10.6 Å². The number of rotatable bonds is 4. The van der Waals surface area contributed by atoms with Crippen molar-refractivity contribution in [3.8, 4) is 0 Å². The average molecular weight is 324 g/mol. The fourth-order valence-corrected chi connectivity index (χ4v) is 3.14. The van der Waals surface area contributed by atoms with Gasteiger partial charge in [-0.1, -0.05) is 52.2 Å². The van der Waals surface area contributed by atoms with Gasteiger partial charge in [0.2, 0.25) is 5.95 Å². The Hall–Kier alpha value is -2.10. The fourth-order valence-electron chi connectivity index (χ4n) is 3.14. The highest BCUT2D eigenvalue weighted by molar-refractivity contribution is 5.55. The molecule has 1 fully saturated rings. The van der Waals surface area contributed by atoms with Crippen LogP contribution in [-0.2, 0) is 5.41 Å². The van der Waals surface area contributed by atoms with Crippen LogP contribution in [0.5, 0.6) is 0 Å². The Balaban J connectivity index is 1.65. The molecule has 3 rings (SSSR count). The number of nitrogens with zero attached hydrogens (tertiary/aromatic N) is 2. The first kappa shape index (κ1) is 16.7. The van der Waals surface area contributed by atoms with Gasteiger partial charge in [0.05, 0.1) is 0 Å².